The Kier molecular flexibility index (Phi) is 5.44. The molecule has 0 unspecified atom stereocenters. The molecule has 0 saturated carbocycles. The van der Waals surface area contributed by atoms with Crippen molar-refractivity contribution in [3.8, 4) is 0 Å². The summed E-state index contributed by atoms with van der Waals surface area (Å²) >= 11 is 0. The highest BCUT2D eigenvalue weighted by Crippen LogP contribution is 2.39. The average molecular weight is 282 g/mol. The largest absolute Gasteiger partial charge is 0.491 e. The molecule has 0 spiro atoms. The molecule has 1 aliphatic heterocycles. The van der Waals surface area contributed by atoms with Crippen LogP contribution in [-0.2, 0) is 14.1 Å². The molecule has 0 aromatic heterocycles. The topological polar surface area (TPSA) is 55.8 Å². The van der Waals surface area contributed by atoms with Crippen molar-refractivity contribution in [3.63, 3.8) is 0 Å². The minimum Gasteiger partial charge on any atom is -0.478 e. The van der Waals surface area contributed by atoms with Crippen LogP contribution in [0.3, 0.4) is 0 Å². The van der Waals surface area contributed by atoms with Crippen LogP contribution in [0.1, 0.15) is 67.2 Å². The quantitative estimate of drug-likeness (QED) is 0.459. The number of carbonyl (C=O) groups is 1. The monoisotopic (exact) mass is 282 g/mol. The third-order valence-electron chi connectivity index (χ3n) is 4.39. The Morgan fingerprint density at radius 2 is 1.60 bits per heavy atom. The SMILES string of the molecule is CCCCC/C(B1OC(C)(C)C(C)(C)O1)=C(\C)C(=O)O. The van der Waals surface area contributed by atoms with Gasteiger partial charge in [0.1, 0.15) is 0 Å². The summed E-state index contributed by atoms with van der Waals surface area (Å²) < 4.78 is 12.0. The van der Waals surface area contributed by atoms with Crippen LogP contribution in [0.25, 0.3) is 0 Å². The standard InChI is InChI=1S/C15H27BO4/c1-7-8-9-10-12(11(2)13(17)18)16-19-14(3,4)15(5,6)20-16/h7-10H2,1-6H3,(H,17,18)/b12-11-. The van der Waals surface area contributed by atoms with E-state index < -0.39 is 24.3 Å². The first kappa shape index (κ1) is 17.2. The Labute approximate surface area is 122 Å². The van der Waals surface area contributed by atoms with E-state index in [1.807, 2.05) is 27.7 Å². The van der Waals surface area contributed by atoms with Gasteiger partial charge in [-0.25, -0.2) is 4.79 Å². The number of hydrogen-bond acceptors (Lipinski definition) is 3. The fourth-order valence-electron chi connectivity index (χ4n) is 2.17. The van der Waals surface area contributed by atoms with Crippen molar-refractivity contribution < 1.29 is 19.2 Å². The third-order valence-corrected chi connectivity index (χ3v) is 4.39. The lowest BCUT2D eigenvalue weighted by Gasteiger charge is -2.32. The molecule has 1 heterocycles. The molecule has 0 radical (unpaired) electrons. The summed E-state index contributed by atoms with van der Waals surface area (Å²) in [6, 6.07) is 0. The van der Waals surface area contributed by atoms with Crippen LogP contribution in [0.15, 0.2) is 11.0 Å². The Hall–Kier alpha value is -0.805. The maximum atomic E-state index is 11.3. The van der Waals surface area contributed by atoms with Gasteiger partial charge in [-0.05, 0) is 46.5 Å². The molecular weight excluding hydrogens is 255 g/mol. The summed E-state index contributed by atoms with van der Waals surface area (Å²) in [6.45, 7) is 11.7. The molecule has 5 heteroatoms. The fraction of sp³-hybridized carbons (Fsp3) is 0.800. The lowest BCUT2D eigenvalue weighted by molar-refractivity contribution is -0.132. The molecule has 0 aromatic rings. The van der Waals surface area contributed by atoms with Crippen molar-refractivity contribution in [2.45, 2.75) is 78.4 Å². The van der Waals surface area contributed by atoms with Gasteiger partial charge in [0.05, 0.1) is 11.2 Å². The lowest BCUT2D eigenvalue weighted by atomic mass is 9.72. The van der Waals surface area contributed by atoms with Gasteiger partial charge in [0.15, 0.2) is 0 Å². The number of carboxylic acid groups (broad SMARTS) is 1. The van der Waals surface area contributed by atoms with Crippen LogP contribution < -0.4 is 0 Å². The fourth-order valence-corrected chi connectivity index (χ4v) is 2.17. The van der Waals surface area contributed by atoms with Gasteiger partial charge in [0.2, 0.25) is 0 Å². The first-order valence-electron chi connectivity index (χ1n) is 7.41. The number of carboxylic acids is 1. The third kappa shape index (κ3) is 3.64. The Balaban J connectivity index is 2.97. The predicted octanol–water partition coefficient (Wildman–Crippen LogP) is 3.60. The molecular formula is C15H27BO4. The van der Waals surface area contributed by atoms with E-state index in [4.69, 9.17) is 9.31 Å². The Bertz CT molecular complexity index is 383. The average Bonchev–Trinajstić information content (AvgIpc) is 2.53. The van der Waals surface area contributed by atoms with Gasteiger partial charge in [0, 0.05) is 5.57 Å². The second-order valence-corrected chi connectivity index (χ2v) is 6.50. The first-order valence-corrected chi connectivity index (χ1v) is 7.41. The number of unbranched alkanes of at least 4 members (excludes halogenated alkanes) is 2. The highest BCUT2D eigenvalue weighted by Gasteiger charge is 2.52. The molecule has 114 valence electrons. The van der Waals surface area contributed by atoms with E-state index >= 15 is 0 Å². The zero-order chi connectivity index (χ0) is 15.6. The molecule has 1 aliphatic rings. The molecule has 20 heavy (non-hydrogen) atoms. The smallest absolute Gasteiger partial charge is 0.478 e. The van der Waals surface area contributed by atoms with Crippen LogP contribution in [0.4, 0.5) is 0 Å². The number of allylic oxidation sites excluding steroid dienone is 1. The molecule has 0 aliphatic carbocycles. The van der Waals surface area contributed by atoms with E-state index in [0.29, 0.717) is 12.0 Å². The second-order valence-electron chi connectivity index (χ2n) is 6.50. The zero-order valence-corrected chi connectivity index (χ0v) is 13.6. The molecule has 0 atom stereocenters. The van der Waals surface area contributed by atoms with Crippen LogP contribution >= 0.6 is 0 Å². The summed E-state index contributed by atoms with van der Waals surface area (Å²) in [5, 5.41) is 9.26. The first-order chi connectivity index (χ1) is 9.12. The van der Waals surface area contributed by atoms with E-state index in [-0.39, 0.29) is 0 Å². The minimum absolute atomic E-state index is 0.347. The van der Waals surface area contributed by atoms with E-state index in [0.717, 1.165) is 24.7 Å². The molecule has 0 amide bonds. The number of aliphatic carboxylic acids is 1. The highest BCUT2D eigenvalue weighted by molar-refractivity contribution is 6.55. The molecule has 4 nitrogen and oxygen atoms in total. The molecule has 0 bridgehead atoms. The molecule has 1 fully saturated rings. The van der Waals surface area contributed by atoms with Gasteiger partial charge in [0.25, 0.3) is 0 Å². The summed E-state index contributed by atoms with van der Waals surface area (Å²) in [5.41, 5.74) is 0.239. The van der Waals surface area contributed by atoms with E-state index in [2.05, 4.69) is 6.92 Å². The van der Waals surface area contributed by atoms with E-state index in [1.165, 1.54) is 0 Å². The van der Waals surface area contributed by atoms with Crippen molar-refractivity contribution >= 4 is 13.1 Å². The normalized spacial score (nSPS) is 21.8. The van der Waals surface area contributed by atoms with Crippen molar-refractivity contribution in [3.05, 3.63) is 11.0 Å². The molecule has 1 rings (SSSR count). The Morgan fingerprint density at radius 3 is 2.00 bits per heavy atom. The minimum atomic E-state index is -0.897. The summed E-state index contributed by atoms with van der Waals surface area (Å²) in [7, 11) is -0.548. The number of hydrogen-bond donors (Lipinski definition) is 1. The molecule has 1 saturated heterocycles. The van der Waals surface area contributed by atoms with Gasteiger partial charge in [-0.3, -0.25) is 0 Å². The van der Waals surface area contributed by atoms with Gasteiger partial charge >= 0.3 is 13.1 Å². The predicted molar refractivity (Wildman–Crippen MR) is 80.6 cm³/mol. The van der Waals surface area contributed by atoms with E-state index in [9.17, 15) is 9.90 Å². The lowest BCUT2D eigenvalue weighted by Crippen LogP contribution is -2.41. The maximum absolute atomic E-state index is 11.3. The van der Waals surface area contributed by atoms with E-state index in [1.54, 1.807) is 6.92 Å². The molecule has 0 aromatic carbocycles. The highest BCUT2D eigenvalue weighted by atomic mass is 16.7. The summed E-state index contributed by atoms with van der Waals surface area (Å²) in [5.74, 6) is -0.897. The number of rotatable bonds is 6. The van der Waals surface area contributed by atoms with Crippen molar-refractivity contribution in [1.29, 1.82) is 0 Å². The van der Waals surface area contributed by atoms with Crippen LogP contribution in [0.5, 0.6) is 0 Å². The summed E-state index contributed by atoms with van der Waals surface area (Å²) in [4.78, 5) is 11.3. The van der Waals surface area contributed by atoms with Crippen LogP contribution in [0, 0.1) is 0 Å². The van der Waals surface area contributed by atoms with Gasteiger partial charge in [-0.1, -0.05) is 26.2 Å². The van der Waals surface area contributed by atoms with Crippen molar-refractivity contribution in [1.82, 2.24) is 0 Å². The van der Waals surface area contributed by atoms with Crippen molar-refractivity contribution in [2.75, 3.05) is 0 Å². The van der Waals surface area contributed by atoms with Crippen molar-refractivity contribution in [2.24, 2.45) is 0 Å². The van der Waals surface area contributed by atoms with Gasteiger partial charge in [-0.2, -0.15) is 0 Å². The summed E-state index contributed by atoms with van der Waals surface area (Å²) in [6.07, 6.45) is 3.85. The molecule has 1 N–H and O–H groups in total. The Morgan fingerprint density at radius 1 is 1.10 bits per heavy atom. The van der Waals surface area contributed by atoms with Crippen LogP contribution in [-0.4, -0.2) is 29.4 Å². The zero-order valence-electron chi connectivity index (χ0n) is 13.6. The van der Waals surface area contributed by atoms with Gasteiger partial charge in [-0.15, -0.1) is 0 Å². The van der Waals surface area contributed by atoms with Gasteiger partial charge < -0.3 is 14.4 Å². The maximum Gasteiger partial charge on any atom is 0.491 e. The second kappa shape index (κ2) is 6.31. The van der Waals surface area contributed by atoms with Crippen LogP contribution in [0.2, 0.25) is 0 Å².